The number of aromatic nitrogens is 4. The molecule has 2 aliphatic rings. The van der Waals surface area contributed by atoms with Crippen molar-refractivity contribution in [2.75, 3.05) is 24.5 Å². The summed E-state index contributed by atoms with van der Waals surface area (Å²) in [5, 5.41) is 12.7. The number of hydrogen-bond acceptors (Lipinski definition) is 7. The maximum atomic E-state index is 12.3. The number of phenolic OH excluding ortho intramolecular Hbond substituents is 1. The van der Waals surface area contributed by atoms with Crippen LogP contribution in [0.3, 0.4) is 0 Å². The number of nitrogens with zero attached hydrogens (tertiary/aromatic N) is 6. The molecule has 1 amide bonds. The molecule has 40 heavy (non-hydrogen) atoms. The van der Waals surface area contributed by atoms with Crippen LogP contribution in [-0.2, 0) is 31.3 Å². The molecule has 1 saturated heterocycles. The number of ether oxygens (including phenoxy) is 1. The molecule has 4 aromatic rings. The van der Waals surface area contributed by atoms with Gasteiger partial charge in [-0.05, 0) is 66.6 Å². The minimum Gasteiger partial charge on any atom is -0.508 e. The predicted octanol–water partition coefficient (Wildman–Crippen LogP) is 4.14. The molecule has 3 heterocycles. The first-order chi connectivity index (χ1) is 19.4. The second-order valence-electron chi connectivity index (χ2n) is 10.8. The Morgan fingerprint density at radius 3 is 2.85 bits per heavy atom. The Balaban J connectivity index is 1.35. The summed E-state index contributed by atoms with van der Waals surface area (Å²) in [6.07, 6.45) is 7.51. The van der Waals surface area contributed by atoms with Crippen LogP contribution in [0.5, 0.6) is 11.8 Å². The van der Waals surface area contributed by atoms with Crippen molar-refractivity contribution in [2.45, 2.75) is 44.8 Å². The lowest BCUT2D eigenvalue weighted by atomic mass is 9.80. The van der Waals surface area contributed by atoms with Crippen LogP contribution >= 0.6 is 0 Å². The lowest BCUT2D eigenvalue weighted by Gasteiger charge is -2.41. The first-order valence-corrected chi connectivity index (χ1v) is 13.8. The fourth-order valence-corrected chi connectivity index (χ4v) is 6.08. The number of carbonyl (C=O) groups excluding carboxylic acids is 1. The molecule has 2 aromatic carbocycles. The highest BCUT2D eigenvalue weighted by atomic mass is 16.5. The molecule has 2 atom stereocenters. The molecule has 2 aromatic heterocycles. The van der Waals surface area contributed by atoms with Gasteiger partial charge in [0.15, 0.2) is 0 Å². The summed E-state index contributed by atoms with van der Waals surface area (Å²) in [5.74, 6) is 1.33. The van der Waals surface area contributed by atoms with E-state index in [2.05, 4.69) is 29.5 Å². The molecule has 9 heteroatoms. The van der Waals surface area contributed by atoms with E-state index < -0.39 is 0 Å². The normalized spacial score (nSPS) is 18.9. The zero-order chi connectivity index (χ0) is 27.8. The highest BCUT2D eigenvalue weighted by Crippen LogP contribution is 2.40. The van der Waals surface area contributed by atoms with E-state index in [1.165, 1.54) is 6.08 Å². The molecule has 1 fully saturated rings. The van der Waals surface area contributed by atoms with Crippen LogP contribution in [-0.4, -0.2) is 61.1 Å². The quantitative estimate of drug-likeness (QED) is 0.369. The molecule has 0 spiro atoms. The van der Waals surface area contributed by atoms with Crippen LogP contribution in [0, 0.1) is 0 Å². The highest BCUT2D eigenvalue weighted by Gasteiger charge is 2.33. The average Bonchev–Trinajstić information content (AvgIpc) is 3.39. The molecule has 206 valence electrons. The second-order valence-corrected chi connectivity index (χ2v) is 10.8. The topological polar surface area (TPSA) is 96.6 Å². The van der Waals surface area contributed by atoms with Crippen LogP contribution in [0.1, 0.15) is 41.8 Å². The van der Waals surface area contributed by atoms with Gasteiger partial charge >= 0.3 is 6.01 Å². The smallest absolute Gasteiger partial charge is 0.318 e. The Bertz CT molecular complexity index is 1580. The van der Waals surface area contributed by atoms with Gasteiger partial charge in [0.25, 0.3) is 0 Å². The summed E-state index contributed by atoms with van der Waals surface area (Å²) in [6, 6.07) is 12.3. The number of aryl methyl sites for hydroxylation is 1. The van der Waals surface area contributed by atoms with Gasteiger partial charge in [-0.2, -0.15) is 9.97 Å². The first-order valence-electron chi connectivity index (χ1n) is 13.8. The van der Waals surface area contributed by atoms with Crippen LogP contribution in [0.25, 0.3) is 10.8 Å². The minimum atomic E-state index is -0.0446. The molecule has 1 unspecified atom stereocenters. The van der Waals surface area contributed by atoms with Gasteiger partial charge in [0, 0.05) is 44.5 Å². The summed E-state index contributed by atoms with van der Waals surface area (Å²) in [6.45, 7) is 7.92. The molecule has 0 radical (unpaired) electrons. The number of piperazine rings is 1. The maximum Gasteiger partial charge on any atom is 0.318 e. The van der Waals surface area contributed by atoms with Gasteiger partial charge in [0.1, 0.15) is 18.2 Å². The van der Waals surface area contributed by atoms with Crippen molar-refractivity contribution in [2.24, 2.45) is 7.05 Å². The van der Waals surface area contributed by atoms with Crippen molar-refractivity contribution in [1.29, 1.82) is 0 Å². The van der Waals surface area contributed by atoms with Crippen LogP contribution < -0.4 is 9.64 Å². The molecule has 0 saturated carbocycles. The summed E-state index contributed by atoms with van der Waals surface area (Å²) < 4.78 is 7.99. The van der Waals surface area contributed by atoms with E-state index in [1.807, 2.05) is 53.0 Å². The van der Waals surface area contributed by atoms with E-state index in [4.69, 9.17) is 14.7 Å². The Labute approximate surface area is 233 Å². The van der Waals surface area contributed by atoms with Gasteiger partial charge in [-0.1, -0.05) is 30.8 Å². The summed E-state index contributed by atoms with van der Waals surface area (Å²) in [5.41, 5.74) is 4.06. The number of carbonyl (C=O) groups is 1. The van der Waals surface area contributed by atoms with Gasteiger partial charge in [-0.3, -0.25) is 4.79 Å². The average molecular weight is 539 g/mol. The van der Waals surface area contributed by atoms with Gasteiger partial charge in [-0.15, -0.1) is 0 Å². The van der Waals surface area contributed by atoms with Crippen molar-refractivity contribution < 1.29 is 14.6 Å². The van der Waals surface area contributed by atoms with Crippen molar-refractivity contribution in [3.05, 3.63) is 84.1 Å². The van der Waals surface area contributed by atoms with Crippen molar-refractivity contribution in [3.63, 3.8) is 0 Å². The zero-order valence-corrected chi connectivity index (χ0v) is 23.0. The molecular formula is C31H34N6O3. The molecule has 0 bridgehead atoms. The van der Waals surface area contributed by atoms with E-state index >= 15 is 0 Å². The number of aromatic hydroxyl groups is 1. The largest absolute Gasteiger partial charge is 0.508 e. The summed E-state index contributed by atoms with van der Waals surface area (Å²) in [7, 11) is 1.92. The minimum absolute atomic E-state index is 0.0446. The fraction of sp³-hybridized carbons (Fsp3) is 0.355. The monoisotopic (exact) mass is 538 g/mol. The third-order valence-electron chi connectivity index (χ3n) is 8.04. The van der Waals surface area contributed by atoms with Crippen LogP contribution in [0.2, 0.25) is 0 Å². The van der Waals surface area contributed by atoms with Crippen molar-refractivity contribution in [1.82, 2.24) is 24.4 Å². The molecular weight excluding hydrogens is 504 g/mol. The fourth-order valence-electron chi connectivity index (χ4n) is 6.08. The number of anilines is 1. The predicted molar refractivity (Wildman–Crippen MR) is 154 cm³/mol. The van der Waals surface area contributed by atoms with Gasteiger partial charge in [0.05, 0.1) is 17.7 Å². The SMILES string of the molecule is C=CC(=O)N1CCN(c2nc(OCc3cn(C)cn3)nc3c2CCC(c2cc(O)cc4ccccc24)C3)[C@@H](C)C1. The van der Waals surface area contributed by atoms with Gasteiger partial charge < -0.3 is 24.2 Å². The highest BCUT2D eigenvalue weighted by molar-refractivity contribution is 5.88. The summed E-state index contributed by atoms with van der Waals surface area (Å²) >= 11 is 0. The molecule has 1 aliphatic heterocycles. The van der Waals surface area contributed by atoms with Crippen LogP contribution in [0.15, 0.2) is 61.6 Å². The van der Waals surface area contributed by atoms with Gasteiger partial charge in [-0.25, -0.2) is 4.98 Å². The Morgan fingerprint density at radius 1 is 1.23 bits per heavy atom. The molecule has 1 N–H and O–H groups in total. The van der Waals surface area contributed by atoms with E-state index in [-0.39, 0.29) is 30.2 Å². The standard InChI is InChI=1S/C31H34N6O3/c1-4-29(39)36-11-12-37(20(2)16-36)30-26-10-9-22(27-15-24(38)13-21-7-5-6-8-25(21)27)14-28(26)33-31(34-30)40-18-23-17-35(3)19-32-23/h4-8,13,15,17,19-20,22,38H,1,9-12,14,16,18H2,2-3H3/t20-,22?/m0/s1. The Morgan fingerprint density at radius 2 is 2.08 bits per heavy atom. The number of imidazole rings is 1. The molecule has 6 rings (SSSR count). The second kappa shape index (κ2) is 10.6. The number of hydrogen-bond donors (Lipinski definition) is 1. The number of amides is 1. The molecule has 9 nitrogen and oxygen atoms in total. The number of rotatable bonds is 6. The lowest BCUT2D eigenvalue weighted by Crippen LogP contribution is -2.54. The number of fused-ring (bicyclic) bond motifs is 2. The van der Waals surface area contributed by atoms with Crippen LogP contribution in [0.4, 0.5) is 5.82 Å². The third-order valence-corrected chi connectivity index (χ3v) is 8.04. The van der Waals surface area contributed by atoms with Crippen molar-refractivity contribution in [3.8, 4) is 11.8 Å². The van der Waals surface area contributed by atoms with E-state index in [1.54, 1.807) is 6.33 Å². The Kier molecular flexibility index (Phi) is 6.88. The zero-order valence-electron chi connectivity index (χ0n) is 23.0. The maximum absolute atomic E-state index is 12.3. The first kappa shape index (κ1) is 25.9. The van der Waals surface area contributed by atoms with E-state index in [0.717, 1.165) is 58.4 Å². The van der Waals surface area contributed by atoms with Gasteiger partial charge in [0.2, 0.25) is 5.91 Å². The van der Waals surface area contributed by atoms with Crippen molar-refractivity contribution >= 4 is 22.5 Å². The third kappa shape index (κ3) is 4.99. The number of benzene rings is 2. The van der Waals surface area contributed by atoms with E-state index in [9.17, 15) is 9.90 Å². The summed E-state index contributed by atoms with van der Waals surface area (Å²) in [4.78, 5) is 30.6. The number of phenols is 1. The molecule has 1 aliphatic carbocycles. The Hall–Kier alpha value is -4.40. The lowest BCUT2D eigenvalue weighted by molar-refractivity contribution is -0.126. The van der Waals surface area contributed by atoms with E-state index in [0.29, 0.717) is 25.6 Å².